The standard InChI is InChI=1S/C19H29N3O2.ClH/c1-15-6-7-20-18(12-15)19(23)21-13-16-2-4-17(5-3-16)14-22-8-10-24-11-9-22;/h2-5,15,18,20H,6-14H2,1H3,(H,21,23);1H. The van der Waals surface area contributed by atoms with Crippen LogP contribution in [0, 0.1) is 5.92 Å². The molecule has 1 amide bonds. The first-order chi connectivity index (χ1) is 11.7. The number of amides is 1. The Kier molecular flexibility index (Phi) is 8.16. The second-order valence-electron chi connectivity index (χ2n) is 7.06. The Morgan fingerprint density at radius 2 is 1.92 bits per heavy atom. The first-order valence-corrected chi connectivity index (χ1v) is 9.10. The summed E-state index contributed by atoms with van der Waals surface area (Å²) in [6, 6.07) is 8.53. The van der Waals surface area contributed by atoms with Gasteiger partial charge in [-0.3, -0.25) is 9.69 Å². The van der Waals surface area contributed by atoms with Crippen molar-refractivity contribution in [3.8, 4) is 0 Å². The van der Waals surface area contributed by atoms with E-state index in [1.165, 1.54) is 5.56 Å². The topological polar surface area (TPSA) is 53.6 Å². The Bertz CT molecular complexity index is 532. The van der Waals surface area contributed by atoms with Crippen molar-refractivity contribution in [2.24, 2.45) is 5.92 Å². The zero-order valence-electron chi connectivity index (χ0n) is 15.0. The number of carbonyl (C=O) groups is 1. The lowest BCUT2D eigenvalue weighted by molar-refractivity contribution is -0.124. The van der Waals surface area contributed by atoms with Gasteiger partial charge in [0.05, 0.1) is 19.3 Å². The van der Waals surface area contributed by atoms with Crippen molar-refractivity contribution in [2.45, 2.75) is 38.9 Å². The molecule has 25 heavy (non-hydrogen) atoms. The Morgan fingerprint density at radius 1 is 1.24 bits per heavy atom. The van der Waals surface area contributed by atoms with E-state index < -0.39 is 0 Å². The molecule has 2 fully saturated rings. The highest BCUT2D eigenvalue weighted by molar-refractivity contribution is 5.85. The van der Waals surface area contributed by atoms with E-state index in [0.29, 0.717) is 12.5 Å². The third-order valence-corrected chi connectivity index (χ3v) is 4.98. The summed E-state index contributed by atoms with van der Waals surface area (Å²) in [6.07, 6.45) is 2.10. The Balaban J connectivity index is 0.00000225. The Morgan fingerprint density at radius 3 is 2.60 bits per heavy atom. The molecule has 0 spiro atoms. The first-order valence-electron chi connectivity index (χ1n) is 9.10. The summed E-state index contributed by atoms with van der Waals surface area (Å²) in [5.74, 6) is 0.750. The summed E-state index contributed by atoms with van der Waals surface area (Å²) < 4.78 is 5.38. The van der Waals surface area contributed by atoms with E-state index in [2.05, 4.69) is 46.7 Å². The van der Waals surface area contributed by atoms with Gasteiger partial charge in [0.15, 0.2) is 0 Å². The first kappa shape index (κ1) is 20.2. The second kappa shape index (κ2) is 10.1. The van der Waals surface area contributed by atoms with Crippen LogP contribution in [0.25, 0.3) is 0 Å². The van der Waals surface area contributed by atoms with Crippen molar-refractivity contribution in [2.75, 3.05) is 32.8 Å². The summed E-state index contributed by atoms with van der Waals surface area (Å²) in [5, 5.41) is 6.37. The second-order valence-corrected chi connectivity index (χ2v) is 7.06. The van der Waals surface area contributed by atoms with Crippen LogP contribution < -0.4 is 10.6 Å². The number of hydrogen-bond acceptors (Lipinski definition) is 4. The molecular formula is C19H30ClN3O2. The van der Waals surface area contributed by atoms with E-state index in [1.54, 1.807) is 0 Å². The van der Waals surface area contributed by atoms with Crippen LogP contribution in [0.4, 0.5) is 0 Å². The van der Waals surface area contributed by atoms with Crippen LogP contribution in [0.15, 0.2) is 24.3 Å². The van der Waals surface area contributed by atoms with Crippen molar-refractivity contribution in [3.05, 3.63) is 35.4 Å². The predicted octanol–water partition coefficient (Wildman–Crippen LogP) is 1.94. The maximum absolute atomic E-state index is 12.3. The maximum Gasteiger partial charge on any atom is 0.237 e. The van der Waals surface area contributed by atoms with Gasteiger partial charge in [-0.1, -0.05) is 31.2 Å². The number of rotatable bonds is 5. The molecule has 0 radical (unpaired) electrons. The molecule has 0 saturated carbocycles. The third kappa shape index (κ3) is 6.26. The number of nitrogens with one attached hydrogen (secondary N) is 2. The molecule has 6 heteroatoms. The van der Waals surface area contributed by atoms with Crippen LogP contribution in [0.3, 0.4) is 0 Å². The molecule has 0 aliphatic carbocycles. The van der Waals surface area contributed by atoms with E-state index in [-0.39, 0.29) is 24.4 Å². The van der Waals surface area contributed by atoms with E-state index in [4.69, 9.17) is 4.74 Å². The van der Waals surface area contributed by atoms with Crippen molar-refractivity contribution in [3.63, 3.8) is 0 Å². The van der Waals surface area contributed by atoms with Crippen molar-refractivity contribution in [1.29, 1.82) is 0 Å². The highest BCUT2D eigenvalue weighted by atomic mass is 35.5. The number of ether oxygens (including phenoxy) is 1. The minimum absolute atomic E-state index is 0. The van der Waals surface area contributed by atoms with Crippen molar-refractivity contribution < 1.29 is 9.53 Å². The molecule has 2 unspecified atom stereocenters. The average Bonchev–Trinajstić information content (AvgIpc) is 2.62. The SMILES string of the molecule is CC1CCNC(C(=O)NCc2ccc(CN3CCOCC3)cc2)C1.Cl. The summed E-state index contributed by atoms with van der Waals surface area (Å²) >= 11 is 0. The molecule has 0 aromatic heterocycles. The molecule has 1 aromatic carbocycles. The molecule has 2 aliphatic rings. The molecule has 140 valence electrons. The van der Waals surface area contributed by atoms with Gasteiger partial charge in [0.25, 0.3) is 0 Å². The number of piperidine rings is 1. The van der Waals surface area contributed by atoms with E-state index in [1.807, 2.05) is 0 Å². The third-order valence-electron chi connectivity index (χ3n) is 4.98. The highest BCUT2D eigenvalue weighted by Crippen LogP contribution is 2.15. The highest BCUT2D eigenvalue weighted by Gasteiger charge is 2.24. The predicted molar refractivity (Wildman–Crippen MR) is 102 cm³/mol. The molecule has 2 saturated heterocycles. The van der Waals surface area contributed by atoms with Crippen LogP contribution in [0.1, 0.15) is 30.9 Å². The Labute approximate surface area is 156 Å². The van der Waals surface area contributed by atoms with Gasteiger partial charge in [0, 0.05) is 26.2 Å². The maximum atomic E-state index is 12.3. The smallest absolute Gasteiger partial charge is 0.237 e. The van der Waals surface area contributed by atoms with E-state index >= 15 is 0 Å². The molecule has 2 aliphatic heterocycles. The summed E-state index contributed by atoms with van der Waals surface area (Å²) in [5.41, 5.74) is 2.47. The van der Waals surface area contributed by atoms with Gasteiger partial charge in [-0.05, 0) is 36.4 Å². The molecule has 2 N–H and O–H groups in total. The number of halogens is 1. The number of morpholine rings is 1. The van der Waals surface area contributed by atoms with Crippen LogP contribution in [0.2, 0.25) is 0 Å². The average molecular weight is 368 g/mol. The number of hydrogen-bond donors (Lipinski definition) is 2. The molecule has 1 aromatic rings. The molecule has 5 nitrogen and oxygen atoms in total. The fourth-order valence-electron chi connectivity index (χ4n) is 3.40. The minimum Gasteiger partial charge on any atom is -0.379 e. The van der Waals surface area contributed by atoms with E-state index in [9.17, 15) is 4.79 Å². The monoisotopic (exact) mass is 367 g/mol. The fraction of sp³-hybridized carbons (Fsp3) is 0.632. The summed E-state index contributed by atoms with van der Waals surface area (Å²) in [7, 11) is 0. The van der Waals surface area contributed by atoms with Gasteiger partial charge >= 0.3 is 0 Å². The Hall–Kier alpha value is -1.14. The van der Waals surface area contributed by atoms with Crippen molar-refractivity contribution in [1.82, 2.24) is 15.5 Å². The molecular weight excluding hydrogens is 338 g/mol. The van der Waals surface area contributed by atoms with Crippen molar-refractivity contribution >= 4 is 18.3 Å². The molecule has 3 rings (SSSR count). The van der Waals surface area contributed by atoms with Gasteiger partial charge in [-0.25, -0.2) is 0 Å². The summed E-state index contributed by atoms with van der Waals surface area (Å²) in [4.78, 5) is 14.7. The number of benzene rings is 1. The van der Waals surface area contributed by atoms with Gasteiger partial charge < -0.3 is 15.4 Å². The van der Waals surface area contributed by atoms with Crippen LogP contribution in [-0.2, 0) is 22.6 Å². The normalized spacial score (nSPS) is 24.4. The molecule has 0 bridgehead atoms. The lowest BCUT2D eigenvalue weighted by Gasteiger charge is -2.27. The van der Waals surface area contributed by atoms with E-state index in [0.717, 1.165) is 57.8 Å². The number of nitrogens with zero attached hydrogens (tertiary/aromatic N) is 1. The lowest BCUT2D eigenvalue weighted by Crippen LogP contribution is -2.48. The van der Waals surface area contributed by atoms with Gasteiger partial charge in [0.2, 0.25) is 5.91 Å². The molecule has 2 heterocycles. The largest absolute Gasteiger partial charge is 0.379 e. The number of carbonyl (C=O) groups excluding carboxylic acids is 1. The summed E-state index contributed by atoms with van der Waals surface area (Å²) in [6.45, 7) is 8.40. The van der Waals surface area contributed by atoms with Crippen LogP contribution >= 0.6 is 12.4 Å². The lowest BCUT2D eigenvalue weighted by atomic mass is 9.94. The van der Waals surface area contributed by atoms with Gasteiger partial charge in [-0.15, -0.1) is 12.4 Å². The minimum atomic E-state index is -0.0330. The zero-order valence-corrected chi connectivity index (χ0v) is 15.8. The zero-order chi connectivity index (χ0) is 16.8. The van der Waals surface area contributed by atoms with Crippen LogP contribution in [0.5, 0.6) is 0 Å². The van der Waals surface area contributed by atoms with Crippen LogP contribution in [-0.4, -0.2) is 49.7 Å². The quantitative estimate of drug-likeness (QED) is 0.835. The molecule has 2 atom stereocenters. The van der Waals surface area contributed by atoms with Gasteiger partial charge in [0.1, 0.15) is 0 Å². The van der Waals surface area contributed by atoms with Gasteiger partial charge in [-0.2, -0.15) is 0 Å². The fourth-order valence-corrected chi connectivity index (χ4v) is 3.40.